The van der Waals surface area contributed by atoms with Crippen molar-refractivity contribution in [3.05, 3.63) is 83.9 Å². The monoisotopic (exact) mass is 476 g/mol. The molecule has 2 N–H and O–H groups in total. The second-order valence-corrected chi connectivity index (χ2v) is 9.04. The first-order valence-corrected chi connectivity index (χ1v) is 12.0. The Kier molecular flexibility index (Phi) is 6.19. The average Bonchev–Trinajstić information content (AvgIpc) is 3.36. The van der Waals surface area contributed by atoms with E-state index >= 15 is 0 Å². The molecule has 0 bridgehead atoms. The van der Waals surface area contributed by atoms with Crippen molar-refractivity contribution in [3.8, 4) is 5.69 Å². The number of halogens is 1. The molecule has 7 nitrogen and oxygen atoms in total. The molecule has 1 saturated heterocycles. The number of piperidine rings is 1. The van der Waals surface area contributed by atoms with E-state index in [0.717, 1.165) is 22.6 Å². The maximum absolute atomic E-state index is 14.0. The third-order valence-corrected chi connectivity index (χ3v) is 6.91. The Morgan fingerprint density at radius 2 is 1.89 bits per heavy atom. The van der Waals surface area contributed by atoms with E-state index in [0.29, 0.717) is 32.5 Å². The zero-order valence-corrected chi connectivity index (χ0v) is 19.7. The Morgan fingerprint density at radius 3 is 2.63 bits per heavy atom. The molecule has 2 aromatic carbocycles. The minimum absolute atomic E-state index is 0.0682. The molecular formula is C27H29FN4O3. The van der Waals surface area contributed by atoms with Crippen molar-refractivity contribution in [3.63, 3.8) is 0 Å². The predicted octanol–water partition coefficient (Wildman–Crippen LogP) is 4.74. The van der Waals surface area contributed by atoms with E-state index in [9.17, 15) is 14.0 Å². The van der Waals surface area contributed by atoms with Crippen LogP contribution in [0.5, 0.6) is 0 Å². The van der Waals surface area contributed by atoms with E-state index < -0.39 is 6.04 Å². The van der Waals surface area contributed by atoms with Crippen LogP contribution in [0.2, 0.25) is 0 Å². The Morgan fingerprint density at radius 1 is 1.11 bits per heavy atom. The lowest BCUT2D eigenvalue weighted by molar-refractivity contribution is -0.143. The van der Waals surface area contributed by atoms with Gasteiger partial charge in [0.2, 0.25) is 0 Å². The third kappa shape index (κ3) is 4.48. The molecule has 2 aliphatic heterocycles. The molecule has 3 heterocycles. The average molecular weight is 477 g/mol. The van der Waals surface area contributed by atoms with Crippen molar-refractivity contribution in [2.45, 2.75) is 37.8 Å². The quantitative estimate of drug-likeness (QED) is 0.522. The highest BCUT2D eigenvalue weighted by Crippen LogP contribution is 2.43. The van der Waals surface area contributed by atoms with Crippen LogP contribution in [-0.4, -0.2) is 41.2 Å². The summed E-state index contributed by atoms with van der Waals surface area (Å²) >= 11 is 0. The number of aromatic nitrogens is 1. The van der Waals surface area contributed by atoms with Crippen LogP contribution in [0.4, 0.5) is 14.9 Å². The van der Waals surface area contributed by atoms with Gasteiger partial charge in [-0.15, -0.1) is 0 Å². The van der Waals surface area contributed by atoms with Crippen LogP contribution in [0.3, 0.4) is 0 Å². The van der Waals surface area contributed by atoms with Crippen molar-refractivity contribution in [2.24, 2.45) is 0 Å². The summed E-state index contributed by atoms with van der Waals surface area (Å²) in [6.07, 6.45) is 3.41. The fourth-order valence-corrected chi connectivity index (χ4v) is 5.16. The fourth-order valence-electron chi connectivity index (χ4n) is 5.16. The first-order valence-electron chi connectivity index (χ1n) is 12.0. The number of nitrogens with one attached hydrogen (secondary N) is 2. The van der Waals surface area contributed by atoms with Gasteiger partial charge >= 0.3 is 12.0 Å². The van der Waals surface area contributed by atoms with E-state index in [1.807, 2.05) is 42.6 Å². The number of carbonyl (C=O) groups excluding carboxylic acids is 2. The number of esters is 1. The largest absolute Gasteiger partial charge is 0.466 e. The lowest BCUT2D eigenvalue weighted by atomic mass is 9.82. The SMILES string of the molecule is CCOC(=O)C[C@H](NC(=O)N1CCC2(CC1)Nc1cc(F)ccc1-n1cccc12)c1ccccc1. The number of rotatable bonds is 5. The highest BCUT2D eigenvalue weighted by Gasteiger charge is 2.42. The number of likely N-dealkylation sites (tertiary alicyclic amines) is 1. The van der Waals surface area contributed by atoms with E-state index in [2.05, 4.69) is 21.3 Å². The highest BCUT2D eigenvalue weighted by molar-refractivity contribution is 5.77. The van der Waals surface area contributed by atoms with Crippen molar-refractivity contribution in [2.75, 3.05) is 25.0 Å². The summed E-state index contributed by atoms with van der Waals surface area (Å²) in [5.74, 6) is -0.635. The van der Waals surface area contributed by atoms with E-state index in [-0.39, 0.29) is 29.8 Å². The van der Waals surface area contributed by atoms with Gasteiger partial charge in [-0.25, -0.2) is 9.18 Å². The van der Waals surface area contributed by atoms with Crippen LogP contribution in [-0.2, 0) is 15.1 Å². The summed E-state index contributed by atoms with van der Waals surface area (Å²) in [6, 6.07) is 17.6. The van der Waals surface area contributed by atoms with Gasteiger partial charge in [-0.2, -0.15) is 0 Å². The van der Waals surface area contributed by atoms with Crippen LogP contribution >= 0.6 is 0 Å². The second-order valence-electron chi connectivity index (χ2n) is 9.04. The van der Waals surface area contributed by atoms with Crippen LogP contribution in [0.25, 0.3) is 5.69 Å². The lowest BCUT2D eigenvalue weighted by Gasteiger charge is -2.46. The summed E-state index contributed by atoms with van der Waals surface area (Å²) in [5, 5.41) is 6.61. The molecule has 1 atom stereocenters. The molecule has 2 amide bonds. The van der Waals surface area contributed by atoms with Gasteiger partial charge in [0, 0.05) is 25.0 Å². The Labute approximate surface area is 203 Å². The van der Waals surface area contributed by atoms with Gasteiger partial charge < -0.3 is 24.8 Å². The number of benzene rings is 2. The molecule has 1 aromatic heterocycles. The highest BCUT2D eigenvalue weighted by atomic mass is 19.1. The van der Waals surface area contributed by atoms with E-state index in [1.165, 1.54) is 12.1 Å². The first-order chi connectivity index (χ1) is 17.0. The van der Waals surface area contributed by atoms with Gasteiger partial charge in [0.15, 0.2) is 0 Å². The number of carbonyl (C=O) groups is 2. The normalized spacial score (nSPS) is 16.6. The van der Waals surface area contributed by atoms with Crippen molar-refractivity contribution < 1.29 is 18.7 Å². The summed E-state index contributed by atoms with van der Waals surface area (Å²) in [5.41, 5.74) is 3.26. The fraction of sp³-hybridized carbons (Fsp3) is 0.333. The lowest BCUT2D eigenvalue weighted by Crippen LogP contribution is -2.53. The van der Waals surface area contributed by atoms with Crippen molar-refractivity contribution in [1.82, 2.24) is 14.8 Å². The molecular weight excluding hydrogens is 447 g/mol. The third-order valence-electron chi connectivity index (χ3n) is 6.91. The smallest absolute Gasteiger partial charge is 0.317 e. The molecule has 5 rings (SSSR count). The molecule has 1 fully saturated rings. The Bertz CT molecular complexity index is 1220. The second kappa shape index (κ2) is 9.44. The maximum Gasteiger partial charge on any atom is 0.317 e. The molecule has 8 heteroatoms. The molecule has 0 unspecified atom stereocenters. The molecule has 35 heavy (non-hydrogen) atoms. The van der Waals surface area contributed by atoms with Crippen LogP contribution in [0.1, 0.15) is 43.5 Å². The molecule has 2 aliphatic rings. The van der Waals surface area contributed by atoms with Crippen molar-refractivity contribution in [1.29, 1.82) is 0 Å². The molecule has 1 spiro atoms. The summed E-state index contributed by atoms with van der Waals surface area (Å²) in [7, 11) is 0. The van der Waals surface area contributed by atoms with Crippen molar-refractivity contribution >= 4 is 17.7 Å². The predicted molar refractivity (Wildman–Crippen MR) is 131 cm³/mol. The van der Waals surface area contributed by atoms with E-state index in [1.54, 1.807) is 17.9 Å². The topological polar surface area (TPSA) is 75.6 Å². The number of ether oxygens (including phenoxy) is 1. The standard InChI is InChI=1S/C27H29FN4O3/c1-2-35-25(33)18-21(19-7-4-3-5-8-19)29-26(34)31-15-12-27(13-16-31)24-9-6-14-32(24)23-11-10-20(28)17-22(23)30-27/h3-11,14,17,21,30H,2,12-13,15-16,18H2,1H3,(H,29,34)/t21-/m0/s1. The summed E-state index contributed by atoms with van der Waals surface area (Å²) in [6.45, 7) is 3.11. The zero-order chi connectivity index (χ0) is 24.4. The number of anilines is 1. The number of urea groups is 1. The van der Waals surface area contributed by atoms with Crippen LogP contribution in [0.15, 0.2) is 66.9 Å². The number of amides is 2. The van der Waals surface area contributed by atoms with E-state index in [4.69, 9.17) is 4.74 Å². The maximum atomic E-state index is 14.0. The molecule has 182 valence electrons. The molecule has 3 aromatic rings. The summed E-state index contributed by atoms with van der Waals surface area (Å²) < 4.78 is 21.2. The van der Waals surface area contributed by atoms with Gasteiger partial charge in [-0.1, -0.05) is 30.3 Å². The van der Waals surface area contributed by atoms with Gasteiger partial charge in [0.25, 0.3) is 0 Å². The first kappa shape index (κ1) is 23.0. The zero-order valence-electron chi connectivity index (χ0n) is 19.7. The van der Waals surface area contributed by atoms with Gasteiger partial charge in [0.05, 0.1) is 36.0 Å². The number of hydrogen-bond acceptors (Lipinski definition) is 4. The molecule has 0 radical (unpaired) electrons. The minimum atomic E-state index is -0.474. The Balaban J connectivity index is 1.30. The van der Waals surface area contributed by atoms with Gasteiger partial charge in [-0.3, -0.25) is 4.79 Å². The Hall–Kier alpha value is -3.81. The van der Waals surface area contributed by atoms with Crippen LogP contribution < -0.4 is 10.6 Å². The number of fused-ring (bicyclic) bond motifs is 4. The minimum Gasteiger partial charge on any atom is -0.466 e. The van der Waals surface area contributed by atoms with Gasteiger partial charge in [-0.05, 0) is 55.7 Å². The summed E-state index contributed by atoms with van der Waals surface area (Å²) in [4.78, 5) is 27.2. The van der Waals surface area contributed by atoms with Gasteiger partial charge in [0.1, 0.15) is 5.82 Å². The van der Waals surface area contributed by atoms with Crippen LogP contribution in [0, 0.1) is 5.82 Å². The molecule has 0 aliphatic carbocycles. The number of nitrogens with zero attached hydrogens (tertiary/aromatic N) is 2. The molecule has 0 saturated carbocycles. The number of hydrogen-bond donors (Lipinski definition) is 2.